The van der Waals surface area contributed by atoms with E-state index in [-0.39, 0.29) is 0 Å². The fourth-order valence-electron chi connectivity index (χ4n) is 8.29. The molecule has 4 heterocycles. The van der Waals surface area contributed by atoms with Gasteiger partial charge in [0.15, 0.2) is 17.5 Å². The van der Waals surface area contributed by atoms with Crippen LogP contribution < -0.4 is 0 Å². The molecule has 60 heavy (non-hydrogen) atoms. The Bertz CT molecular complexity index is 3600. The van der Waals surface area contributed by atoms with Crippen molar-refractivity contribution in [3.05, 3.63) is 182 Å². The highest BCUT2D eigenvalue weighted by Gasteiger charge is 2.17. The second-order valence-corrected chi connectivity index (χ2v) is 15.3. The summed E-state index contributed by atoms with van der Waals surface area (Å²) in [6.07, 6.45) is 0. The van der Waals surface area contributed by atoms with Crippen LogP contribution in [0.5, 0.6) is 0 Å². The Kier molecular flexibility index (Phi) is 7.89. The van der Waals surface area contributed by atoms with E-state index >= 15 is 0 Å². The van der Waals surface area contributed by atoms with Crippen LogP contribution in [0.25, 0.3) is 122 Å². The topological polar surface area (TPSA) is 90.5 Å². The highest BCUT2D eigenvalue weighted by Crippen LogP contribution is 2.39. The van der Waals surface area contributed by atoms with Gasteiger partial charge in [-0.3, -0.25) is 0 Å². The van der Waals surface area contributed by atoms with Crippen LogP contribution >= 0.6 is 11.7 Å². The lowest BCUT2D eigenvalue weighted by molar-refractivity contribution is 0.670. The average Bonchev–Trinajstić information content (AvgIpc) is 3.97. The van der Waals surface area contributed by atoms with E-state index in [2.05, 4.69) is 124 Å². The number of nitrogens with zero attached hydrogens (tertiary/aromatic N) is 6. The van der Waals surface area contributed by atoms with E-state index in [0.29, 0.717) is 17.5 Å². The van der Waals surface area contributed by atoms with Crippen LogP contribution in [-0.4, -0.2) is 28.7 Å². The van der Waals surface area contributed by atoms with Gasteiger partial charge in [-0.05, 0) is 47.0 Å². The average molecular weight is 787 g/mol. The first-order valence-corrected chi connectivity index (χ1v) is 20.4. The van der Waals surface area contributed by atoms with Crippen molar-refractivity contribution in [3.8, 4) is 67.7 Å². The number of para-hydroxylation sites is 3. The summed E-state index contributed by atoms with van der Waals surface area (Å²) in [5.41, 5.74) is 13.4. The number of fused-ring (bicyclic) bond motifs is 8. The minimum Gasteiger partial charge on any atom is -0.455 e. The Morgan fingerprint density at radius 2 is 0.983 bits per heavy atom. The van der Waals surface area contributed by atoms with Gasteiger partial charge in [0, 0.05) is 54.7 Å². The zero-order valence-corrected chi connectivity index (χ0v) is 32.6. The lowest BCUT2D eigenvalue weighted by atomic mass is 9.97. The number of pyridine rings is 1. The van der Waals surface area contributed by atoms with Crippen LogP contribution in [-0.2, 0) is 0 Å². The van der Waals surface area contributed by atoms with Crippen molar-refractivity contribution in [3.63, 3.8) is 0 Å². The maximum Gasteiger partial charge on any atom is 0.164 e. The van der Waals surface area contributed by atoms with Crippen molar-refractivity contribution >= 4 is 66.4 Å². The van der Waals surface area contributed by atoms with Crippen molar-refractivity contribution in [2.75, 3.05) is 0 Å². The molecule has 0 bridgehead atoms. The molecule has 0 saturated carbocycles. The highest BCUT2D eigenvalue weighted by atomic mass is 32.1. The normalized spacial score (nSPS) is 11.7. The van der Waals surface area contributed by atoms with Gasteiger partial charge in [-0.25, -0.2) is 19.9 Å². The van der Waals surface area contributed by atoms with Gasteiger partial charge in [-0.15, -0.1) is 0 Å². The van der Waals surface area contributed by atoms with Crippen LogP contribution in [0.3, 0.4) is 0 Å². The van der Waals surface area contributed by atoms with Crippen molar-refractivity contribution in [2.24, 2.45) is 0 Å². The molecule has 0 saturated heterocycles. The van der Waals surface area contributed by atoms with Crippen molar-refractivity contribution < 1.29 is 4.42 Å². The van der Waals surface area contributed by atoms with Crippen molar-refractivity contribution in [2.45, 2.75) is 0 Å². The van der Waals surface area contributed by atoms with Crippen LogP contribution in [0.2, 0.25) is 0 Å². The number of furan rings is 1. The fourth-order valence-corrected chi connectivity index (χ4v) is 8.83. The predicted octanol–water partition coefficient (Wildman–Crippen LogP) is 13.5. The van der Waals surface area contributed by atoms with Gasteiger partial charge in [-0.2, -0.15) is 8.75 Å². The number of rotatable bonds is 6. The number of benzene rings is 8. The molecule has 0 aliphatic heterocycles. The van der Waals surface area contributed by atoms with E-state index < -0.39 is 0 Å². The van der Waals surface area contributed by atoms with Crippen LogP contribution in [0, 0.1) is 0 Å². The molecule has 8 aromatic carbocycles. The van der Waals surface area contributed by atoms with Crippen molar-refractivity contribution in [1.82, 2.24) is 28.7 Å². The van der Waals surface area contributed by atoms with Crippen LogP contribution in [0.15, 0.2) is 186 Å². The molecule has 0 atom stereocenters. The van der Waals surface area contributed by atoms with E-state index in [1.165, 1.54) is 11.7 Å². The second-order valence-electron chi connectivity index (χ2n) is 14.8. The molecule has 12 aromatic rings. The minimum atomic E-state index is 0.600. The monoisotopic (exact) mass is 786 g/mol. The summed E-state index contributed by atoms with van der Waals surface area (Å²) in [7, 11) is 0. The van der Waals surface area contributed by atoms with Crippen LogP contribution in [0.4, 0.5) is 0 Å². The van der Waals surface area contributed by atoms with E-state index in [1.54, 1.807) is 0 Å². The van der Waals surface area contributed by atoms with Gasteiger partial charge in [-0.1, -0.05) is 152 Å². The van der Waals surface area contributed by atoms with E-state index in [9.17, 15) is 0 Å². The van der Waals surface area contributed by atoms with E-state index in [4.69, 9.17) is 24.4 Å². The molecule has 0 N–H and O–H groups in total. The summed E-state index contributed by atoms with van der Waals surface area (Å²) in [5, 5.41) is 5.43. The molecular weight excluding hydrogens is 757 g/mol. The molecule has 8 heteroatoms. The Morgan fingerprint density at radius 1 is 0.367 bits per heavy atom. The second kappa shape index (κ2) is 13.9. The lowest BCUT2D eigenvalue weighted by Gasteiger charge is -2.12. The summed E-state index contributed by atoms with van der Waals surface area (Å²) in [6.45, 7) is 0. The minimum absolute atomic E-state index is 0.600. The third kappa shape index (κ3) is 5.73. The summed E-state index contributed by atoms with van der Waals surface area (Å²) in [5.74, 6) is 1.81. The Labute approximate surface area is 347 Å². The number of hydrogen-bond acceptors (Lipinski definition) is 8. The summed E-state index contributed by atoms with van der Waals surface area (Å²) < 4.78 is 15.5. The smallest absolute Gasteiger partial charge is 0.164 e. The third-order valence-corrected chi connectivity index (χ3v) is 11.8. The highest BCUT2D eigenvalue weighted by molar-refractivity contribution is 7.00. The summed E-state index contributed by atoms with van der Waals surface area (Å²) in [4.78, 5) is 20.3. The molecule has 280 valence electrons. The van der Waals surface area contributed by atoms with Gasteiger partial charge >= 0.3 is 0 Å². The van der Waals surface area contributed by atoms with Gasteiger partial charge in [0.2, 0.25) is 0 Å². The molecule has 7 nitrogen and oxygen atoms in total. The van der Waals surface area contributed by atoms with Crippen molar-refractivity contribution in [1.29, 1.82) is 0 Å². The first kappa shape index (κ1) is 34.1. The molecular formula is C52H30N6OS. The summed E-state index contributed by atoms with van der Waals surface area (Å²) >= 11 is 1.24. The summed E-state index contributed by atoms with van der Waals surface area (Å²) in [6, 6.07) is 62.3. The largest absolute Gasteiger partial charge is 0.455 e. The zero-order chi connectivity index (χ0) is 39.6. The molecule has 0 spiro atoms. The van der Waals surface area contributed by atoms with Gasteiger partial charge in [0.25, 0.3) is 0 Å². The molecule has 0 amide bonds. The quantitative estimate of drug-likeness (QED) is 0.155. The Balaban J connectivity index is 0.911. The molecule has 0 aliphatic rings. The van der Waals surface area contributed by atoms with E-state index in [1.807, 2.05) is 66.7 Å². The van der Waals surface area contributed by atoms with Gasteiger partial charge < -0.3 is 4.42 Å². The first-order chi connectivity index (χ1) is 29.7. The Morgan fingerprint density at radius 3 is 1.82 bits per heavy atom. The number of hydrogen-bond donors (Lipinski definition) is 0. The molecule has 0 fully saturated rings. The standard InChI is InChI=1S/C52H30N6OS/c1-2-10-34(11-3-1)50-54-51(35-26-22-32(23-27-35)38-16-9-17-40-39-14-5-7-19-45(39)59-49(38)40)56-52(55-50)37-13-8-12-36(30-37)31-20-24-33(25-21-31)47-42-28-29-44-48(58-60-57-44)46(42)41-15-4-6-18-43(41)53-47/h1-30H. The maximum absolute atomic E-state index is 6.35. The molecule has 0 aliphatic carbocycles. The SMILES string of the molecule is c1ccc(-c2nc(-c3ccc(-c4cccc5c4oc4ccccc45)cc3)nc(-c3cccc(-c4ccc(-c5nc6ccccc6c6c5ccc5nsnc56)cc4)c3)n2)cc1. The van der Waals surface area contributed by atoms with E-state index in [0.717, 1.165) is 105 Å². The maximum atomic E-state index is 6.35. The lowest BCUT2D eigenvalue weighted by Crippen LogP contribution is -2.00. The third-order valence-electron chi connectivity index (χ3n) is 11.2. The molecule has 0 radical (unpaired) electrons. The van der Waals surface area contributed by atoms with Gasteiger partial charge in [0.1, 0.15) is 22.2 Å². The van der Waals surface area contributed by atoms with Gasteiger partial charge in [0.05, 0.1) is 22.9 Å². The first-order valence-electron chi connectivity index (χ1n) is 19.7. The molecule has 12 rings (SSSR count). The molecule has 0 unspecified atom stereocenters. The van der Waals surface area contributed by atoms with Crippen LogP contribution in [0.1, 0.15) is 0 Å². The molecule has 4 aromatic heterocycles. The Hall–Kier alpha value is -7.94. The number of aromatic nitrogens is 6. The zero-order valence-electron chi connectivity index (χ0n) is 31.8. The predicted molar refractivity (Wildman–Crippen MR) is 244 cm³/mol. The fraction of sp³-hybridized carbons (Fsp3) is 0.